The Kier molecular flexibility index (Phi) is 7.25. The van der Waals surface area contributed by atoms with Gasteiger partial charge in [-0.15, -0.1) is 0 Å². The predicted molar refractivity (Wildman–Crippen MR) is 118 cm³/mol. The first-order valence-electron chi connectivity index (χ1n) is 9.95. The van der Waals surface area contributed by atoms with Crippen LogP contribution in [0.5, 0.6) is 5.75 Å². The molecule has 1 aliphatic heterocycles. The van der Waals surface area contributed by atoms with E-state index >= 15 is 0 Å². The molecular weight excluding hydrogens is 423 g/mol. The van der Waals surface area contributed by atoms with Crippen LogP contribution in [0.25, 0.3) is 0 Å². The topological polar surface area (TPSA) is 71.3 Å². The van der Waals surface area contributed by atoms with Crippen LogP contribution in [0, 0.1) is 11.3 Å². The van der Waals surface area contributed by atoms with E-state index in [9.17, 15) is 10.1 Å². The van der Waals surface area contributed by atoms with Crippen LogP contribution >= 0.6 is 23.2 Å². The number of nitrogens with zero attached hydrogens (tertiary/aromatic N) is 1. The summed E-state index contributed by atoms with van der Waals surface area (Å²) in [6.45, 7) is 4.88. The number of nitrogens with one attached hydrogen (secondary N) is 1. The molecule has 0 spiro atoms. The lowest BCUT2D eigenvalue weighted by atomic mass is 9.73. The Labute approximate surface area is 186 Å². The zero-order chi connectivity index (χ0) is 21.7. The van der Waals surface area contributed by atoms with Crippen LogP contribution < -0.4 is 10.1 Å². The van der Waals surface area contributed by atoms with Crippen molar-refractivity contribution < 1.29 is 14.3 Å². The van der Waals surface area contributed by atoms with Gasteiger partial charge in [0.2, 0.25) is 5.91 Å². The standard InChI is InChI=1S/C23H24Cl2N2O3/c1-3-15(2)30-18-5-7-21(16(12-18)14-26)27-22(28)23(8-10-29-11-9-23)19-6-4-17(24)13-20(19)25/h4-7,12-13,15H,3,8-11H2,1-2H3,(H,27,28). The highest BCUT2D eigenvalue weighted by Gasteiger charge is 2.43. The van der Waals surface area contributed by atoms with Gasteiger partial charge in [-0.3, -0.25) is 4.79 Å². The second-order valence-electron chi connectivity index (χ2n) is 7.43. The summed E-state index contributed by atoms with van der Waals surface area (Å²) >= 11 is 12.5. The molecule has 0 saturated carbocycles. The van der Waals surface area contributed by atoms with Crippen molar-refractivity contribution in [3.63, 3.8) is 0 Å². The molecule has 158 valence electrons. The molecule has 1 N–H and O–H groups in total. The van der Waals surface area contributed by atoms with Gasteiger partial charge in [0.25, 0.3) is 0 Å². The SMILES string of the molecule is CCC(C)Oc1ccc(NC(=O)C2(c3ccc(Cl)cc3Cl)CCOCC2)c(C#N)c1. The van der Waals surface area contributed by atoms with Gasteiger partial charge in [-0.25, -0.2) is 0 Å². The molecule has 1 amide bonds. The Morgan fingerprint density at radius 2 is 2.00 bits per heavy atom. The Bertz CT molecular complexity index is 965. The van der Waals surface area contributed by atoms with Crippen molar-refractivity contribution in [3.8, 4) is 11.8 Å². The van der Waals surface area contributed by atoms with Crippen LogP contribution in [0.1, 0.15) is 44.2 Å². The second-order valence-corrected chi connectivity index (χ2v) is 8.27. The number of rotatable bonds is 6. The number of anilines is 1. The van der Waals surface area contributed by atoms with Crippen LogP contribution in [-0.4, -0.2) is 25.2 Å². The molecule has 0 aromatic heterocycles. The number of nitriles is 1. The van der Waals surface area contributed by atoms with Gasteiger partial charge < -0.3 is 14.8 Å². The van der Waals surface area contributed by atoms with Crippen molar-refractivity contribution >= 4 is 34.8 Å². The molecular formula is C23H24Cl2N2O3. The van der Waals surface area contributed by atoms with Gasteiger partial charge in [0.05, 0.1) is 22.8 Å². The van der Waals surface area contributed by atoms with Crippen LogP contribution in [0.4, 0.5) is 5.69 Å². The lowest BCUT2D eigenvalue weighted by Crippen LogP contribution is -2.45. The van der Waals surface area contributed by atoms with E-state index in [1.807, 2.05) is 13.8 Å². The number of carbonyl (C=O) groups is 1. The van der Waals surface area contributed by atoms with Crippen LogP contribution in [0.3, 0.4) is 0 Å². The third kappa shape index (κ3) is 4.73. The normalized spacial score (nSPS) is 16.4. The van der Waals surface area contributed by atoms with E-state index < -0.39 is 5.41 Å². The van der Waals surface area contributed by atoms with E-state index in [2.05, 4.69) is 11.4 Å². The average molecular weight is 447 g/mol. The van der Waals surface area contributed by atoms with Gasteiger partial charge in [-0.05, 0) is 56.0 Å². The molecule has 3 rings (SSSR count). The largest absolute Gasteiger partial charge is 0.491 e. The van der Waals surface area contributed by atoms with E-state index in [0.717, 1.165) is 6.42 Å². The van der Waals surface area contributed by atoms with E-state index in [1.54, 1.807) is 36.4 Å². The molecule has 7 heteroatoms. The average Bonchev–Trinajstić information content (AvgIpc) is 2.75. The molecule has 0 aliphatic carbocycles. The van der Waals surface area contributed by atoms with Crippen molar-refractivity contribution in [2.75, 3.05) is 18.5 Å². The quantitative estimate of drug-likeness (QED) is 0.614. The summed E-state index contributed by atoms with van der Waals surface area (Å²) in [6.07, 6.45) is 1.86. The highest BCUT2D eigenvalue weighted by molar-refractivity contribution is 6.35. The zero-order valence-electron chi connectivity index (χ0n) is 17.0. The summed E-state index contributed by atoms with van der Waals surface area (Å²) in [7, 11) is 0. The first-order valence-corrected chi connectivity index (χ1v) is 10.7. The lowest BCUT2D eigenvalue weighted by molar-refractivity contribution is -0.125. The Balaban J connectivity index is 1.92. The molecule has 2 aromatic rings. The van der Waals surface area contributed by atoms with Crippen molar-refractivity contribution in [2.24, 2.45) is 0 Å². The fourth-order valence-electron chi connectivity index (χ4n) is 3.57. The Morgan fingerprint density at radius 3 is 2.63 bits per heavy atom. The maximum Gasteiger partial charge on any atom is 0.235 e. The molecule has 1 atom stereocenters. The molecule has 0 radical (unpaired) electrons. The molecule has 1 saturated heterocycles. The molecule has 30 heavy (non-hydrogen) atoms. The number of hydrogen-bond donors (Lipinski definition) is 1. The molecule has 0 bridgehead atoms. The van der Waals surface area contributed by atoms with E-state index in [4.69, 9.17) is 32.7 Å². The fourth-order valence-corrected chi connectivity index (χ4v) is 4.16. The summed E-state index contributed by atoms with van der Waals surface area (Å²) in [6, 6.07) is 12.4. The highest BCUT2D eigenvalue weighted by Crippen LogP contribution is 2.41. The number of amides is 1. The minimum absolute atomic E-state index is 0.0366. The minimum Gasteiger partial charge on any atom is -0.491 e. The van der Waals surface area contributed by atoms with Gasteiger partial charge in [0, 0.05) is 29.3 Å². The monoisotopic (exact) mass is 446 g/mol. The zero-order valence-corrected chi connectivity index (χ0v) is 18.5. The summed E-state index contributed by atoms with van der Waals surface area (Å²) in [5.41, 5.74) is 0.631. The smallest absolute Gasteiger partial charge is 0.235 e. The summed E-state index contributed by atoms with van der Waals surface area (Å²) in [4.78, 5) is 13.5. The van der Waals surface area contributed by atoms with Crippen molar-refractivity contribution in [1.82, 2.24) is 0 Å². The first kappa shape index (κ1) is 22.4. The third-order valence-corrected chi connectivity index (χ3v) is 6.05. The molecule has 1 aliphatic rings. The Hall–Kier alpha value is -2.26. The maximum absolute atomic E-state index is 13.5. The van der Waals surface area contributed by atoms with Gasteiger partial charge in [-0.2, -0.15) is 5.26 Å². The number of hydrogen-bond acceptors (Lipinski definition) is 4. The summed E-state index contributed by atoms with van der Waals surface area (Å²) in [5.74, 6) is 0.377. The van der Waals surface area contributed by atoms with E-state index in [-0.39, 0.29) is 12.0 Å². The molecule has 1 unspecified atom stereocenters. The van der Waals surface area contributed by atoms with E-state index in [1.165, 1.54) is 0 Å². The number of carbonyl (C=O) groups excluding carboxylic acids is 1. The molecule has 1 fully saturated rings. The Morgan fingerprint density at radius 1 is 1.27 bits per heavy atom. The van der Waals surface area contributed by atoms with Crippen LogP contribution in [0.15, 0.2) is 36.4 Å². The highest BCUT2D eigenvalue weighted by atomic mass is 35.5. The molecule has 5 nitrogen and oxygen atoms in total. The van der Waals surface area contributed by atoms with Crippen LogP contribution in [-0.2, 0) is 14.9 Å². The number of ether oxygens (including phenoxy) is 2. The summed E-state index contributed by atoms with van der Waals surface area (Å²) < 4.78 is 11.3. The van der Waals surface area contributed by atoms with Gasteiger partial charge in [0.1, 0.15) is 11.8 Å². The van der Waals surface area contributed by atoms with Crippen molar-refractivity contribution in [1.29, 1.82) is 5.26 Å². The molecule has 1 heterocycles. The molecule has 2 aromatic carbocycles. The van der Waals surface area contributed by atoms with Gasteiger partial charge in [0.15, 0.2) is 0 Å². The third-order valence-electron chi connectivity index (χ3n) is 5.50. The predicted octanol–water partition coefficient (Wildman–Crippen LogP) is 5.73. The van der Waals surface area contributed by atoms with E-state index in [0.29, 0.717) is 58.7 Å². The minimum atomic E-state index is -0.863. The summed E-state index contributed by atoms with van der Waals surface area (Å²) in [5, 5.41) is 13.5. The second kappa shape index (κ2) is 9.70. The van der Waals surface area contributed by atoms with Crippen molar-refractivity contribution in [2.45, 2.75) is 44.6 Å². The fraction of sp³-hybridized carbons (Fsp3) is 0.391. The van der Waals surface area contributed by atoms with Gasteiger partial charge >= 0.3 is 0 Å². The number of benzene rings is 2. The first-order chi connectivity index (χ1) is 14.4. The van der Waals surface area contributed by atoms with Crippen molar-refractivity contribution in [3.05, 3.63) is 57.6 Å². The maximum atomic E-state index is 13.5. The van der Waals surface area contributed by atoms with Crippen LogP contribution in [0.2, 0.25) is 10.0 Å². The van der Waals surface area contributed by atoms with Gasteiger partial charge in [-0.1, -0.05) is 36.2 Å². The number of halogens is 2. The lowest BCUT2D eigenvalue weighted by Gasteiger charge is -2.37.